The van der Waals surface area contributed by atoms with Crippen molar-refractivity contribution in [2.45, 2.75) is 6.42 Å². The standard InChI is InChI=1S/C15H14BrN5O/c1-21-8-10(6-9-4-2-3-5-11(9)16)14(20-21)12-7-13(22)19-15(17)18-12/h2-5,7-8H,6H2,1H3,(H3,17,18,19,22). The average molecular weight is 360 g/mol. The van der Waals surface area contributed by atoms with Crippen LogP contribution in [-0.2, 0) is 13.5 Å². The fourth-order valence-electron chi connectivity index (χ4n) is 2.33. The molecule has 22 heavy (non-hydrogen) atoms. The maximum absolute atomic E-state index is 11.6. The second kappa shape index (κ2) is 5.76. The second-order valence-electron chi connectivity index (χ2n) is 4.96. The molecule has 0 aliphatic carbocycles. The zero-order valence-electron chi connectivity index (χ0n) is 11.9. The van der Waals surface area contributed by atoms with Gasteiger partial charge in [-0.1, -0.05) is 34.1 Å². The molecule has 2 aromatic heterocycles. The molecule has 0 bridgehead atoms. The van der Waals surface area contributed by atoms with Crippen LogP contribution in [-0.4, -0.2) is 19.7 Å². The highest BCUT2D eigenvalue weighted by Gasteiger charge is 2.14. The molecule has 3 aromatic rings. The molecular formula is C15H14BrN5O. The van der Waals surface area contributed by atoms with E-state index in [2.05, 4.69) is 31.0 Å². The summed E-state index contributed by atoms with van der Waals surface area (Å²) in [6.07, 6.45) is 2.60. The molecule has 3 rings (SSSR count). The molecule has 112 valence electrons. The van der Waals surface area contributed by atoms with E-state index in [1.54, 1.807) is 4.68 Å². The number of anilines is 1. The molecular weight excluding hydrogens is 346 g/mol. The van der Waals surface area contributed by atoms with Gasteiger partial charge in [-0.15, -0.1) is 0 Å². The van der Waals surface area contributed by atoms with Crippen molar-refractivity contribution in [2.24, 2.45) is 7.05 Å². The number of rotatable bonds is 3. The number of nitrogen functional groups attached to an aromatic ring is 1. The topological polar surface area (TPSA) is 89.6 Å². The highest BCUT2D eigenvalue weighted by atomic mass is 79.9. The first-order chi connectivity index (χ1) is 10.5. The summed E-state index contributed by atoms with van der Waals surface area (Å²) >= 11 is 3.55. The third kappa shape index (κ3) is 2.94. The molecule has 0 radical (unpaired) electrons. The summed E-state index contributed by atoms with van der Waals surface area (Å²) in [4.78, 5) is 18.2. The summed E-state index contributed by atoms with van der Waals surface area (Å²) in [5.74, 6) is 0.0833. The van der Waals surface area contributed by atoms with E-state index in [1.807, 2.05) is 37.5 Å². The van der Waals surface area contributed by atoms with Crippen LogP contribution in [0.5, 0.6) is 0 Å². The van der Waals surface area contributed by atoms with E-state index in [0.717, 1.165) is 15.6 Å². The van der Waals surface area contributed by atoms with Gasteiger partial charge in [0.25, 0.3) is 5.56 Å². The number of nitrogens with zero attached hydrogens (tertiary/aromatic N) is 3. The number of benzene rings is 1. The van der Waals surface area contributed by atoms with Gasteiger partial charge in [-0.05, 0) is 11.6 Å². The number of aryl methyl sites for hydroxylation is 1. The Morgan fingerprint density at radius 3 is 2.82 bits per heavy atom. The largest absolute Gasteiger partial charge is 0.369 e. The van der Waals surface area contributed by atoms with E-state index in [0.29, 0.717) is 17.8 Å². The minimum atomic E-state index is -0.292. The van der Waals surface area contributed by atoms with Crippen LogP contribution in [0.2, 0.25) is 0 Å². The van der Waals surface area contributed by atoms with Crippen LogP contribution in [0.15, 0.2) is 45.8 Å². The average Bonchev–Trinajstić information content (AvgIpc) is 2.81. The van der Waals surface area contributed by atoms with Crippen molar-refractivity contribution in [3.63, 3.8) is 0 Å². The maximum atomic E-state index is 11.6. The molecule has 0 aliphatic rings. The lowest BCUT2D eigenvalue weighted by atomic mass is 10.0. The van der Waals surface area contributed by atoms with E-state index in [9.17, 15) is 4.79 Å². The molecule has 6 nitrogen and oxygen atoms in total. The van der Waals surface area contributed by atoms with Crippen LogP contribution < -0.4 is 11.3 Å². The Morgan fingerprint density at radius 1 is 1.32 bits per heavy atom. The van der Waals surface area contributed by atoms with Gasteiger partial charge in [-0.25, -0.2) is 4.98 Å². The first-order valence-corrected chi connectivity index (χ1v) is 7.45. The third-order valence-electron chi connectivity index (χ3n) is 3.25. The molecule has 0 saturated heterocycles. The van der Waals surface area contributed by atoms with E-state index < -0.39 is 0 Å². The van der Waals surface area contributed by atoms with Crippen molar-refractivity contribution in [3.05, 3.63) is 62.5 Å². The lowest BCUT2D eigenvalue weighted by molar-refractivity contribution is 0.769. The number of halogens is 1. The Morgan fingerprint density at radius 2 is 2.09 bits per heavy atom. The molecule has 0 unspecified atom stereocenters. The number of hydrogen-bond donors (Lipinski definition) is 2. The smallest absolute Gasteiger partial charge is 0.252 e. The van der Waals surface area contributed by atoms with Crippen molar-refractivity contribution in [1.29, 1.82) is 0 Å². The number of aromatic nitrogens is 4. The molecule has 7 heteroatoms. The molecule has 1 aromatic carbocycles. The van der Waals surface area contributed by atoms with Gasteiger partial charge in [0.2, 0.25) is 5.95 Å². The Labute approximate surface area is 135 Å². The van der Waals surface area contributed by atoms with E-state index >= 15 is 0 Å². The van der Waals surface area contributed by atoms with Crippen molar-refractivity contribution >= 4 is 21.9 Å². The molecule has 0 saturated carbocycles. The van der Waals surface area contributed by atoms with Crippen LogP contribution >= 0.6 is 15.9 Å². The first kappa shape index (κ1) is 14.5. The number of H-pyrrole nitrogens is 1. The predicted octanol–water partition coefficient (Wildman–Crippen LogP) is 2.11. The van der Waals surface area contributed by atoms with Crippen molar-refractivity contribution in [2.75, 3.05) is 5.73 Å². The van der Waals surface area contributed by atoms with Gasteiger partial charge < -0.3 is 5.73 Å². The Bertz CT molecular complexity index is 884. The first-order valence-electron chi connectivity index (χ1n) is 6.66. The van der Waals surface area contributed by atoms with Gasteiger partial charge in [-0.3, -0.25) is 14.5 Å². The fourth-order valence-corrected chi connectivity index (χ4v) is 2.75. The maximum Gasteiger partial charge on any atom is 0.252 e. The minimum Gasteiger partial charge on any atom is -0.369 e. The summed E-state index contributed by atoms with van der Waals surface area (Å²) in [6.45, 7) is 0. The van der Waals surface area contributed by atoms with Gasteiger partial charge in [0.05, 0.1) is 0 Å². The van der Waals surface area contributed by atoms with E-state index in [4.69, 9.17) is 5.73 Å². The van der Waals surface area contributed by atoms with Crippen molar-refractivity contribution in [3.8, 4) is 11.4 Å². The van der Waals surface area contributed by atoms with Crippen molar-refractivity contribution in [1.82, 2.24) is 19.7 Å². The fraction of sp³-hybridized carbons (Fsp3) is 0.133. The number of hydrogen-bond acceptors (Lipinski definition) is 4. The summed E-state index contributed by atoms with van der Waals surface area (Å²) in [7, 11) is 1.84. The summed E-state index contributed by atoms with van der Waals surface area (Å²) in [5, 5.41) is 4.42. The number of aromatic amines is 1. The summed E-state index contributed by atoms with van der Waals surface area (Å²) in [6, 6.07) is 9.40. The normalized spacial score (nSPS) is 10.8. The number of nitrogens with two attached hydrogens (primary N) is 1. The zero-order chi connectivity index (χ0) is 15.7. The Balaban J connectivity index is 2.07. The van der Waals surface area contributed by atoms with Gasteiger partial charge in [0.1, 0.15) is 11.4 Å². The molecule has 0 amide bonds. The lowest BCUT2D eigenvalue weighted by Crippen LogP contribution is -2.10. The van der Waals surface area contributed by atoms with Crippen LogP contribution in [0.25, 0.3) is 11.4 Å². The lowest BCUT2D eigenvalue weighted by Gasteiger charge is -2.05. The van der Waals surface area contributed by atoms with Gasteiger partial charge in [0, 0.05) is 35.8 Å². The molecule has 3 N–H and O–H groups in total. The minimum absolute atomic E-state index is 0.0833. The van der Waals surface area contributed by atoms with Crippen LogP contribution in [0, 0.1) is 0 Å². The van der Waals surface area contributed by atoms with Gasteiger partial charge >= 0.3 is 0 Å². The van der Waals surface area contributed by atoms with E-state index in [1.165, 1.54) is 6.07 Å². The molecule has 0 fully saturated rings. The predicted molar refractivity (Wildman–Crippen MR) is 88.4 cm³/mol. The monoisotopic (exact) mass is 359 g/mol. The summed E-state index contributed by atoms with van der Waals surface area (Å²) in [5.41, 5.74) is 8.58. The van der Waals surface area contributed by atoms with Crippen molar-refractivity contribution < 1.29 is 0 Å². The Hall–Kier alpha value is -2.41. The van der Waals surface area contributed by atoms with Crippen LogP contribution in [0.3, 0.4) is 0 Å². The molecule has 0 atom stereocenters. The second-order valence-corrected chi connectivity index (χ2v) is 5.82. The molecule has 0 aliphatic heterocycles. The molecule has 0 spiro atoms. The summed E-state index contributed by atoms with van der Waals surface area (Å²) < 4.78 is 2.74. The van der Waals surface area contributed by atoms with Gasteiger partial charge in [0.15, 0.2) is 0 Å². The quantitative estimate of drug-likeness (QED) is 0.749. The van der Waals surface area contributed by atoms with Crippen LogP contribution in [0.1, 0.15) is 11.1 Å². The SMILES string of the molecule is Cn1cc(Cc2ccccc2Br)c(-c2cc(=O)[nH]c(N)n2)n1. The highest BCUT2D eigenvalue weighted by Crippen LogP contribution is 2.25. The third-order valence-corrected chi connectivity index (χ3v) is 4.02. The number of nitrogens with one attached hydrogen (secondary N) is 1. The zero-order valence-corrected chi connectivity index (χ0v) is 13.5. The van der Waals surface area contributed by atoms with Crippen LogP contribution in [0.4, 0.5) is 5.95 Å². The van der Waals surface area contributed by atoms with E-state index in [-0.39, 0.29) is 11.5 Å². The highest BCUT2D eigenvalue weighted by molar-refractivity contribution is 9.10. The molecule has 2 heterocycles. The Kier molecular flexibility index (Phi) is 3.81. The van der Waals surface area contributed by atoms with Gasteiger partial charge in [-0.2, -0.15) is 5.10 Å².